The van der Waals surface area contributed by atoms with Gasteiger partial charge in [-0.3, -0.25) is 4.90 Å². The van der Waals surface area contributed by atoms with Crippen LogP contribution < -0.4 is 0 Å². The Morgan fingerprint density at radius 1 is 1.25 bits per heavy atom. The van der Waals surface area contributed by atoms with Gasteiger partial charge < -0.3 is 10.2 Å². The first-order valence-electron chi connectivity index (χ1n) is 6.54. The molecule has 0 aliphatic heterocycles. The molecule has 1 aromatic carbocycles. The summed E-state index contributed by atoms with van der Waals surface area (Å²) in [6.07, 6.45) is -5.37. The summed E-state index contributed by atoms with van der Waals surface area (Å²) in [4.78, 5) is 1.79. The third kappa shape index (κ3) is 5.11. The molecule has 0 saturated carbocycles. The first kappa shape index (κ1) is 16.9. The molecule has 0 spiro atoms. The lowest BCUT2D eigenvalue weighted by atomic mass is 10.0. The van der Waals surface area contributed by atoms with E-state index in [1.54, 1.807) is 4.90 Å². The van der Waals surface area contributed by atoms with Crippen LogP contribution in [0, 0.1) is 0 Å². The minimum Gasteiger partial charge on any atom is -0.395 e. The van der Waals surface area contributed by atoms with Gasteiger partial charge in [0, 0.05) is 19.5 Å². The minimum atomic E-state index is -4.41. The summed E-state index contributed by atoms with van der Waals surface area (Å²) in [5, 5.41) is 18.8. The molecular weight excluding hydrogens is 271 g/mol. The van der Waals surface area contributed by atoms with Gasteiger partial charge in [0.1, 0.15) is 0 Å². The normalized spacial score (nSPS) is 13.8. The van der Waals surface area contributed by atoms with Gasteiger partial charge in [0.15, 0.2) is 0 Å². The van der Waals surface area contributed by atoms with Gasteiger partial charge in [-0.1, -0.05) is 25.1 Å². The number of aliphatic hydroxyl groups is 2. The minimum absolute atomic E-state index is 0.0420. The third-order valence-electron chi connectivity index (χ3n) is 3.11. The molecule has 1 aromatic rings. The van der Waals surface area contributed by atoms with E-state index < -0.39 is 17.8 Å². The Morgan fingerprint density at radius 3 is 2.45 bits per heavy atom. The van der Waals surface area contributed by atoms with E-state index in [9.17, 15) is 18.3 Å². The molecule has 2 N–H and O–H groups in total. The summed E-state index contributed by atoms with van der Waals surface area (Å²) < 4.78 is 38.5. The fourth-order valence-corrected chi connectivity index (χ4v) is 2.11. The molecule has 6 heteroatoms. The van der Waals surface area contributed by atoms with Crippen LogP contribution in [0.1, 0.15) is 18.1 Å². The van der Waals surface area contributed by atoms with Gasteiger partial charge in [-0.05, 0) is 18.2 Å². The molecule has 0 aliphatic rings. The molecule has 0 amide bonds. The van der Waals surface area contributed by atoms with Crippen LogP contribution in [0.5, 0.6) is 0 Å². The standard InChI is InChI=1S/C14H20F3NO2/c1-2-18(7-8-19)10-12(20)9-11-5-3-4-6-13(11)14(15,16)17/h3-6,12,19-20H,2,7-10H2,1H3. The fraction of sp³-hybridized carbons (Fsp3) is 0.571. The summed E-state index contributed by atoms with van der Waals surface area (Å²) in [6.45, 7) is 3.09. The largest absolute Gasteiger partial charge is 0.416 e. The van der Waals surface area contributed by atoms with Crippen molar-refractivity contribution in [3.63, 3.8) is 0 Å². The van der Waals surface area contributed by atoms with Gasteiger partial charge in [-0.25, -0.2) is 0 Å². The summed E-state index contributed by atoms with van der Waals surface area (Å²) in [5.74, 6) is 0. The second-order valence-electron chi connectivity index (χ2n) is 4.63. The third-order valence-corrected chi connectivity index (χ3v) is 3.11. The second kappa shape index (κ2) is 7.61. The van der Waals surface area contributed by atoms with E-state index in [4.69, 9.17) is 5.11 Å². The summed E-state index contributed by atoms with van der Waals surface area (Å²) in [5.41, 5.74) is -0.614. The zero-order chi connectivity index (χ0) is 15.2. The molecule has 3 nitrogen and oxygen atoms in total. The number of hydrogen-bond acceptors (Lipinski definition) is 3. The highest BCUT2D eigenvalue weighted by Crippen LogP contribution is 2.32. The van der Waals surface area contributed by atoms with Crippen molar-refractivity contribution >= 4 is 0 Å². The van der Waals surface area contributed by atoms with E-state index in [0.29, 0.717) is 13.1 Å². The van der Waals surface area contributed by atoms with Crippen LogP contribution in [-0.2, 0) is 12.6 Å². The number of aliphatic hydroxyl groups excluding tert-OH is 2. The van der Waals surface area contributed by atoms with Gasteiger partial charge in [0.05, 0.1) is 18.3 Å². The van der Waals surface area contributed by atoms with Gasteiger partial charge >= 0.3 is 6.18 Å². The molecule has 20 heavy (non-hydrogen) atoms. The number of alkyl halides is 3. The summed E-state index contributed by atoms with van der Waals surface area (Å²) in [6, 6.07) is 5.27. The Kier molecular flexibility index (Phi) is 6.45. The molecule has 1 rings (SSSR count). The monoisotopic (exact) mass is 291 g/mol. The maximum absolute atomic E-state index is 12.8. The van der Waals surface area contributed by atoms with E-state index in [-0.39, 0.29) is 25.1 Å². The van der Waals surface area contributed by atoms with E-state index in [2.05, 4.69) is 0 Å². The average Bonchev–Trinajstić information content (AvgIpc) is 2.37. The number of rotatable bonds is 7. The van der Waals surface area contributed by atoms with Crippen LogP contribution in [-0.4, -0.2) is 47.5 Å². The summed E-state index contributed by atoms with van der Waals surface area (Å²) in [7, 11) is 0. The van der Waals surface area contributed by atoms with Crippen LogP contribution in [0.15, 0.2) is 24.3 Å². The van der Waals surface area contributed by atoms with Gasteiger partial charge in [-0.15, -0.1) is 0 Å². The zero-order valence-electron chi connectivity index (χ0n) is 11.4. The van der Waals surface area contributed by atoms with Crippen molar-refractivity contribution in [1.29, 1.82) is 0 Å². The molecule has 0 heterocycles. The molecule has 0 bridgehead atoms. The molecule has 1 atom stereocenters. The van der Waals surface area contributed by atoms with Crippen LogP contribution >= 0.6 is 0 Å². The molecule has 0 fully saturated rings. The smallest absolute Gasteiger partial charge is 0.395 e. The molecule has 1 unspecified atom stereocenters. The lowest BCUT2D eigenvalue weighted by Crippen LogP contribution is -2.35. The Bertz CT molecular complexity index is 410. The Hall–Kier alpha value is -1.11. The first-order valence-corrected chi connectivity index (χ1v) is 6.54. The number of benzene rings is 1. The molecular formula is C14H20F3NO2. The van der Waals surface area contributed by atoms with Crippen LogP contribution in [0.25, 0.3) is 0 Å². The second-order valence-corrected chi connectivity index (χ2v) is 4.63. The van der Waals surface area contributed by atoms with Crippen LogP contribution in [0.2, 0.25) is 0 Å². The van der Waals surface area contributed by atoms with E-state index in [0.717, 1.165) is 6.07 Å². The Morgan fingerprint density at radius 2 is 1.90 bits per heavy atom. The Labute approximate surface area is 116 Å². The van der Waals surface area contributed by atoms with Crippen molar-refractivity contribution in [3.8, 4) is 0 Å². The fourth-order valence-electron chi connectivity index (χ4n) is 2.11. The maximum Gasteiger partial charge on any atom is 0.416 e. The molecule has 0 radical (unpaired) electrons. The lowest BCUT2D eigenvalue weighted by molar-refractivity contribution is -0.138. The average molecular weight is 291 g/mol. The van der Waals surface area contributed by atoms with Crippen molar-refractivity contribution in [2.24, 2.45) is 0 Å². The zero-order valence-corrected chi connectivity index (χ0v) is 11.4. The molecule has 114 valence electrons. The van der Waals surface area contributed by atoms with E-state index in [1.165, 1.54) is 18.2 Å². The van der Waals surface area contributed by atoms with Gasteiger partial charge in [0.25, 0.3) is 0 Å². The predicted octanol–water partition coefficient (Wildman–Crippen LogP) is 1.92. The number of halogens is 3. The quantitative estimate of drug-likeness (QED) is 0.806. The Balaban J connectivity index is 2.73. The predicted molar refractivity (Wildman–Crippen MR) is 70.4 cm³/mol. The highest BCUT2D eigenvalue weighted by atomic mass is 19.4. The number of nitrogens with zero attached hydrogens (tertiary/aromatic N) is 1. The van der Waals surface area contributed by atoms with E-state index in [1.807, 2.05) is 6.92 Å². The van der Waals surface area contributed by atoms with Gasteiger partial charge in [0.2, 0.25) is 0 Å². The maximum atomic E-state index is 12.8. The van der Waals surface area contributed by atoms with Crippen molar-refractivity contribution < 1.29 is 23.4 Å². The van der Waals surface area contributed by atoms with Gasteiger partial charge in [-0.2, -0.15) is 13.2 Å². The SMILES string of the molecule is CCN(CCO)CC(O)Cc1ccccc1C(F)(F)F. The van der Waals surface area contributed by atoms with Crippen molar-refractivity contribution in [2.75, 3.05) is 26.2 Å². The highest BCUT2D eigenvalue weighted by Gasteiger charge is 2.33. The topological polar surface area (TPSA) is 43.7 Å². The molecule has 0 aromatic heterocycles. The molecule has 0 aliphatic carbocycles. The van der Waals surface area contributed by atoms with Crippen LogP contribution in [0.3, 0.4) is 0 Å². The number of likely N-dealkylation sites (N-methyl/N-ethyl adjacent to an activating group) is 1. The lowest BCUT2D eigenvalue weighted by Gasteiger charge is -2.23. The summed E-state index contributed by atoms with van der Waals surface area (Å²) >= 11 is 0. The first-order chi connectivity index (χ1) is 9.38. The highest BCUT2D eigenvalue weighted by molar-refractivity contribution is 5.30. The molecule has 0 saturated heterocycles. The number of hydrogen-bond donors (Lipinski definition) is 2. The van der Waals surface area contributed by atoms with Crippen molar-refractivity contribution in [3.05, 3.63) is 35.4 Å². The van der Waals surface area contributed by atoms with Crippen molar-refractivity contribution in [1.82, 2.24) is 4.90 Å². The van der Waals surface area contributed by atoms with Crippen LogP contribution in [0.4, 0.5) is 13.2 Å². The van der Waals surface area contributed by atoms with E-state index >= 15 is 0 Å². The van der Waals surface area contributed by atoms with Crippen molar-refractivity contribution in [2.45, 2.75) is 25.6 Å².